The first-order valence-electron chi connectivity index (χ1n) is 8.09. The molecule has 1 aromatic carbocycles. The summed E-state index contributed by atoms with van der Waals surface area (Å²) in [6.07, 6.45) is 0.301. The number of hydrogen-bond acceptors (Lipinski definition) is 6. The number of nitrogens with one attached hydrogen (secondary N) is 2. The normalized spacial score (nSPS) is 21.3. The first-order chi connectivity index (χ1) is 12.5. The van der Waals surface area contributed by atoms with Gasteiger partial charge in [0.05, 0.1) is 6.61 Å². The topological polar surface area (TPSA) is 114 Å². The van der Waals surface area contributed by atoms with Crippen molar-refractivity contribution in [3.05, 3.63) is 41.7 Å². The lowest BCUT2D eigenvalue weighted by Crippen LogP contribution is -2.48. The predicted octanol–water partition coefficient (Wildman–Crippen LogP) is 1.15. The number of urea groups is 1. The molecule has 0 aliphatic carbocycles. The number of rotatable bonds is 3. The number of benzene rings is 1. The van der Waals surface area contributed by atoms with Crippen LogP contribution in [0.15, 0.2) is 34.9 Å². The largest absolute Gasteiger partial charge is 0.493 e. The van der Waals surface area contributed by atoms with E-state index in [-0.39, 0.29) is 5.82 Å². The Balaban J connectivity index is 1.56. The highest BCUT2D eigenvalue weighted by molar-refractivity contribution is 6.10. The van der Waals surface area contributed by atoms with Gasteiger partial charge in [0.15, 0.2) is 11.4 Å². The minimum Gasteiger partial charge on any atom is -0.493 e. The van der Waals surface area contributed by atoms with Crippen LogP contribution >= 0.6 is 0 Å². The Hall–Kier alpha value is -3.36. The van der Waals surface area contributed by atoms with Crippen LogP contribution in [-0.2, 0) is 15.1 Å². The fourth-order valence-corrected chi connectivity index (χ4v) is 3.27. The van der Waals surface area contributed by atoms with Crippen LogP contribution in [0.1, 0.15) is 17.7 Å². The first kappa shape index (κ1) is 16.1. The number of fused-ring (bicyclic) bond motifs is 2. The van der Waals surface area contributed by atoms with Crippen LogP contribution in [0.2, 0.25) is 0 Å². The molecule has 0 radical (unpaired) electrons. The Labute approximate surface area is 148 Å². The van der Waals surface area contributed by atoms with E-state index in [1.165, 1.54) is 0 Å². The summed E-state index contributed by atoms with van der Waals surface area (Å²) < 4.78 is 10.4. The third kappa shape index (κ3) is 2.48. The van der Waals surface area contributed by atoms with Crippen LogP contribution in [0, 0.1) is 6.92 Å². The van der Waals surface area contributed by atoms with E-state index in [9.17, 15) is 14.4 Å². The van der Waals surface area contributed by atoms with E-state index in [1.54, 1.807) is 37.3 Å². The van der Waals surface area contributed by atoms with Crippen molar-refractivity contribution in [3.63, 3.8) is 0 Å². The summed E-state index contributed by atoms with van der Waals surface area (Å²) in [6.45, 7) is 1.56. The molecule has 134 valence electrons. The molecule has 1 atom stereocenters. The van der Waals surface area contributed by atoms with Crippen molar-refractivity contribution in [2.45, 2.75) is 18.9 Å². The van der Waals surface area contributed by atoms with Gasteiger partial charge in [0, 0.05) is 18.1 Å². The molecule has 1 saturated heterocycles. The maximum Gasteiger partial charge on any atom is 0.325 e. The molecule has 0 saturated carbocycles. The Morgan fingerprint density at radius 3 is 2.96 bits per heavy atom. The molecule has 1 spiro atoms. The van der Waals surface area contributed by atoms with Crippen molar-refractivity contribution in [1.29, 1.82) is 0 Å². The number of hydrogen-bond donors (Lipinski definition) is 2. The molecule has 9 heteroatoms. The van der Waals surface area contributed by atoms with E-state index in [1.807, 2.05) is 0 Å². The summed E-state index contributed by atoms with van der Waals surface area (Å²) in [5.74, 6) is 0.305. The SMILES string of the molecule is Cc1cc(NC(=O)CN2C(=O)N[C@@]3(CCOc4ccccc43)C2=O)no1. The number of carbonyl (C=O) groups excluding carboxylic acids is 3. The first-order valence-corrected chi connectivity index (χ1v) is 8.09. The number of imide groups is 1. The van der Waals surface area contributed by atoms with E-state index in [0.29, 0.717) is 30.1 Å². The molecule has 26 heavy (non-hydrogen) atoms. The number of amides is 4. The lowest BCUT2D eigenvalue weighted by Gasteiger charge is -2.33. The second-order valence-electron chi connectivity index (χ2n) is 6.19. The second-order valence-corrected chi connectivity index (χ2v) is 6.19. The van der Waals surface area contributed by atoms with Gasteiger partial charge in [0.25, 0.3) is 5.91 Å². The number of carbonyl (C=O) groups is 3. The van der Waals surface area contributed by atoms with Crippen molar-refractivity contribution in [3.8, 4) is 5.75 Å². The fourth-order valence-electron chi connectivity index (χ4n) is 3.27. The highest BCUT2D eigenvalue weighted by Gasteiger charge is 2.55. The minimum absolute atomic E-state index is 0.227. The maximum atomic E-state index is 13.0. The van der Waals surface area contributed by atoms with Crippen LogP contribution in [-0.4, -0.2) is 41.1 Å². The van der Waals surface area contributed by atoms with Crippen molar-refractivity contribution in [1.82, 2.24) is 15.4 Å². The molecule has 4 rings (SSSR count). The van der Waals surface area contributed by atoms with Gasteiger partial charge in [-0.05, 0) is 13.0 Å². The molecule has 2 aromatic rings. The lowest BCUT2D eigenvalue weighted by molar-refractivity contribution is -0.135. The van der Waals surface area contributed by atoms with Crippen LogP contribution < -0.4 is 15.4 Å². The summed E-state index contributed by atoms with van der Waals surface area (Å²) in [4.78, 5) is 38.5. The standard InChI is InChI=1S/C17H16N4O5/c1-10-8-13(20-26-10)18-14(22)9-21-15(23)17(19-16(21)24)6-7-25-12-5-3-2-4-11(12)17/h2-5,8H,6-7,9H2,1H3,(H,19,24)(H,18,20,22)/t17-/m1/s1. The third-order valence-electron chi connectivity index (χ3n) is 4.45. The zero-order valence-corrected chi connectivity index (χ0v) is 13.9. The zero-order valence-electron chi connectivity index (χ0n) is 13.9. The molecule has 0 bridgehead atoms. The van der Waals surface area contributed by atoms with Gasteiger partial charge >= 0.3 is 6.03 Å². The quantitative estimate of drug-likeness (QED) is 0.798. The molecule has 1 fully saturated rings. The molecular weight excluding hydrogens is 340 g/mol. The Morgan fingerprint density at radius 2 is 2.19 bits per heavy atom. The summed E-state index contributed by atoms with van der Waals surface area (Å²) in [5.41, 5.74) is -0.601. The second kappa shape index (κ2) is 5.87. The van der Waals surface area contributed by atoms with Crippen LogP contribution in [0.5, 0.6) is 5.75 Å². The van der Waals surface area contributed by atoms with E-state index in [4.69, 9.17) is 9.26 Å². The molecule has 1 aromatic heterocycles. The Bertz CT molecular complexity index is 908. The lowest BCUT2D eigenvalue weighted by atomic mass is 9.84. The fraction of sp³-hybridized carbons (Fsp3) is 0.294. The van der Waals surface area contributed by atoms with E-state index in [2.05, 4.69) is 15.8 Å². The molecule has 2 aliphatic rings. The number of ether oxygens (including phenoxy) is 1. The van der Waals surface area contributed by atoms with Crippen molar-refractivity contribution >= 4 is 23.7 Å². The van der Waals surface area contributed by atoms with Gasteiger partial charge in [-0.2, -0.15) is 0 Å². The molecule has 2 aliphatic heterocycles. The molecule has 0 unspecified atom stereocenters. The van der Waals surface area contributed by atoms with E-state index >= 15 is 0 Å². The molecular formula is C17H16N4O5. The predicted molar refractivity (Wildman–Crippen MR) is 88.3 cm³/mol. The maximum absolute atomic E-state index is 13.0. The smallest absolute Gasteiger partial charge is 0.325 e. The Kier molecular flexibility index (Phi) is 3.64. The van der Waals surface area contributed by atoms with Gasteiger partial charge in [-0.3, -0.25) is 14.5 Å². The van der Waals surface area contributed by atoms with Crippen LogP contribution in [0.4, 0.5) is 10.6 Å². The van der Waals surface area contributed by atoms with E-state index in [0.717, 1.165) is 4.90 Å². The highest BCUT2D eigenvalue weighted by Crippen LogP contribution is 2.40. The van der Waals surface area contributed by atoms with Crippen LogP contribution in [0.25, 0.3) is 0 Å². The van der Waals surface area contributed by atoms with Crippen molar-refractivity contribution in [2.24, 2.45) is 0 Å². The van der Waals surface area contributed by atoms with E-state index < -0.39 is 29.9 Å². The molecule has 2 N–H and O–H groups in total. The Morgan fingerprint density at radius 1 is 1.38 bits per heavy atom. The summed E-state index contributed by atoms with van der Waals surface area (Å²) in [6, 6.07) is 7.99. The van der Waals surface area contributed by atoms with Gasteiger partial charge in [-0.25, -0.2) is 4.79 Å². The van der Waals surface area contributed by atoms with Gasteiger partial charge < -0.3 is 19.9 Å². The van der Waals surface area contributed by atoms with Crippen molar-refractivity contribution in [2.75, 3.05) is 18.5 Å². The van der Waals surface area contributed by atoms with Gasteiger partial charge in [-0.15, -0.1) is 0 Å². The zero-order chi connectivity index (χ0) is 18.3. The summed E-state index contributed by atoms with van der Waals surface area (Å²) in [7, 11) is 0. The number of para-hydroxylation sites is 1. The highest BCUT2D eigenvalue weighted by atomic mass is 16.5. The summed E-state index contributed by atoms with van der Waals surface area (Å²) in [5, 5.41) is 8.89. The number of aryl methyl sites for hydroxylation is 1. The monoisotopic (exact) mass is 356 g/mol. The van der Waals surface area contributed by atoms with Crippen molar-refractivity contribution < 1.29 is 23.6 Å². The minimum atomic E-state index is -1.20. The third-order valence-corrected chi connectivity index (χ3v) is 4.45. The van der Waals surface area contributed by atoms with Gasteiger partial charge in [0.2, 0.25) is 5.91 Å². The molecule has 3 heterocycles. The van der Waals surface area contributed by atoms with Gasteiger partial charge in [0.1, 0.15) is 18.1 Å². The number of nitrogens with zero attached hydrogens (tertiary/aromatic N) is 2. The van der Waals surface area contributed by atoms with Crippen LogP contribution in [0.3, 0.4) is 0 Å². The number of anilines is 1. The molecule has 4 amide bonds. The average Bonchev–Trinajstić information content (AvgIpc) is 3.12. The summed E-state index contributed by atoms with van der Waals surface area (Å²) >= 11 is 0. The van der Waals surface area contributed by atoms with Gasteiger partial charge in [-0.1, -0.05) is 23.4 Å². The average molecular weight is 356 g/mol. The molecule has 9 nitrogen and oxygen atoms in total. The number of aromatic nitrogens is 1.